The number of anilines is 1. The van der Waals surface area contributed by atoms with Gasteiger partial charge in [-0.15, -0.1) is 0 Å². The first-order chi connectivity index (χ1) is 10.2. The van der Waals surface area contributed by atoms with E-state index < -0.39 is 0 Å². The van der Waals surface area contributed by atoms with E-state index in [1.165, 1.54) is 0 Å². The fourth-order valence-electron chi connectivity index (χ4n) is 2.32. The molecule has 2 N–H and O–H groups in total. The molecule has 1 aliphatic rings. The van der Waals surface area contributed by atoms with E-state index in [9.17, 15) is 4.79 Å². The Bertz CT molecular complexity index is 634. The minimum absolute atomic E-state index is 0.0659. The summed E-state index contributed by atoms with van der Waals surface area (Å²) in [4.78, 5) is 17.6. The van der Waals surface area contributed by atoms with Gasteiger partial charge in [-0.1, -0.05) is 12.1 Å². The van der Waals surface area contributed by atoms with Crippen molar-refractivity contribution >= 4 is 23.4 Å². The third kappa shape index (κ3) is 3.28. The van der Waals surface area contributed by atoms with Crippen LogP contribution in [0.2, 0.25) is 0 Å². The topological polar surface area (TPSA) is 59.0 Å². The maximum atomic E-state index is 12.3. The Morgan fingerprint density at radius 1 is 1.48 bits per heavy atom. The van der Waals surface area contributed by atoms with Gasteiger partial charge in [0.25, 0.3) is 0 Å². The minimum atomic E-state index is 0.0659. The number of rotatable bonds is 4. The highest BCUT2D eigenvalue weighted by Gasteiger charge is 2.23. The van der Waals surface area contributed by atoms with Crippen LogP contribution in [0.25, 0.3) is 0 Å². The molecule has 1 fully saturated rings. The van der Waals surface area contributed by atoms with Gasteiger partial charge in [0, 0.05) is 30.9 Å². The van der Waals surface area contributed by atoms with Crippen molar-refractivity contribution in [3.05, 3.63) is 36.7 Å². The Hall–Kier alpha value is -1.79. The molecule has 2 heterocycles. The highest BCUT2D eigenvalue weighted by Crippen LogP contribution is 2.32. The van der Waals surface area contributed by atoms with E-state index in [0.29, 0.717) is 0 Å². The van der Waals surface area contributed by atoms with Crippen LogP contribution in [0, 0.1) is 5.92 Å². The van der Waals surface area contributed by atoms with Gasteiger partial charge >= 0.3 is 0 Å². The van der Waals surface area contributed by atoms with Gasteiger partial charge in [0.2, 0.25) is 5.91 Å². The molecule has 1 aliphatic heterocycles. The molecule has 0 saturated carbocycles. The zero-order valence-corrected chi connectivity index (χ0v) is 12.7. The predicted molar refractivity (Wildman–Crippen MR) is 83.4 cm³/mol. The average Bonchev–Trinajstić information content (AvgIpc) is 3.13. The van der Waals surface area contributed by atoms with Crippen LogP contribution < -0.4 is 10.6 Å². The summed E-state index contributed by atoms with van der Waals surface area (Å²) in [6.45, 7) is 1.68. The normalized spacial score (nSPS) is 17.9. The molecule has 1 aromatic carbocycles. The molecule has 1 unspecified atom stereocenters. The fraction of sp³-hybridized carbons (Fsp3) is 0.333. The third-order valence-corrected chi connectivity index (χ3v) is 4.71. The van der Waals surface area contributed by atoms with E-state index >= 15 is 0 Å². The Kier molecular flexibility index (Phi) is 4.26. The van der Waals surface area contributed by atoms with Crippen molar-refractivity contribution < 1.29 is 4.79 Å². The van der Waals surface area contributed by atoms with Gasteiger partial charge in [0.1, 0.15) is 0 Å². The Labute approximate surface area is 128 Å². The number of hydrogen-bond donors (Lipinski definition) is 2. The number of amides is 1. The first kappa shape index (κ1) is 14.2. The lowest BCUT2D eigenvalue weighted by atomic mass is 10.1. The molecule has 3 rings (SSSR count). The maximum absolute atomic E-state index is 12.3. The maximum Gasteiger partial charge on any atom is 0.228 e. The quantitative estimate of drug-likeness (QED) is 0.908. The highest BCUT2D eigenvalue weighted by atomic mass is 32.2. The Balaban J connectivity index is 1.76. The van der Waals surface area contributed by atoms with Crippen LogP contribution in [0.4, 0.5) is 5.69 Å². The molecule has 0 bridgehead atoms. The lowest BCUT2D eigenvalue weighted by molar-refractivity contribution is -0.119. The minimum Gasteiger partial charge on any atom is -0.329 e. The molecule has 6 heteroatoms. The summed E-state index contributed by atoms with van der Waals surface area (Å²) in [6.07, 6.45) is 4.59. The molecule has 1 aromatic heterocycles. The summed E-state index contributed by atoms with van der Waals surface area (Å²) in [6, 6.07) is 7.84. The first-order valence-corrected chi connectivity index (χ1v) is 7.81. The number of nitrogens with one attached hydrogen (secondary N) is 2. The number of carbonyl (C=O) groups excluding carboxylic acids is 1. The summed E-state index contributed by atoms with van der Waals surface area (Å²) in [5.41, 5.74) is 0.849. The summed E-state index contributed by atoms with van der Waals surface area (Å²) < 4.78 is 1.96. The van der Waals surface area contributed by atoms with Crippen LogP contribution in [0.1, 0.15) is 6.42 Å². The van der Waals surface area contributed by atoms with Crippen LogP contribution in [-0.4, -0.2) is 28.5 Å². The average molecular weight is 302 g/mol. The summed E-state index contributed by atoms with van der Waals surface area (Å²) in [7, 11) is 1.96. The summed E-state index contributed by atoms with van der Waals surface area (Å²) in [5.74, 6) is 0.157. The molecular formula is C15H18N4OS. The summed E-state index contributed by atoms with van der Waals surface area (Å²) >= 11 is 1.55. The van der Waals surface area contributed by atoms with E-state index in [2.05, 4.69) is 15.6 Å². The highest BCUT2D eigenvalue weighted by molar-refractivity contribution is 7.99. The second-order valence-electron chi connectivity index (χ2n) is 5.10. The van der Waals surface area contributed by atoms with E-state index in [0.717, 1.165) is 35.2 Å². The first-order valence-electron chi connectivity index (χ1n) is 7.00. The van der Waals surface area contributed by atoms with Crippen molar-refractivity contribution in [2.24, 2.45) is 13.0 Å². The van der Waals surface area contributed by atoms with Gasteiger partial charge in [-0.2, -0.15) is 0 Å². The number of benzene rings is 1. The van der Waals surface area contributed by atoms with E-state index in [-0.39, 0.29) is 11.8 Å². The largest absolute Gasteiger partial charge is 0.329 e. The van der Waals surface area contributed by atoms with E-state index in [4.69, 9.17) is 0 Å². The van der Waals surface area contributed by atoms with Gasteiger partial charge < -0.3 is 15.2 Å². The van der Waals surface area contributed by atoms with Crippen molar-refractivity contribution in [3.8, 4) is 0 Å². The lowest BCUT2D eigenvalue weighted by Gasteiger charge is -2.13. The number of hydrogen-bond acceptors (Lipinski definition) is 4. The lowest BCUT2D eigenvalue weighted by Crippen LogP contribution is -2.24. The zero-order chi connectivity index (χ0) is 14.7. The van der Waals surface area contributed by atoms with Gasteiger partial charge in [0.15, 0.2) is 5.16 Å². The van der Waals surface area contributed by atoms with E-state index in [1.807, 2.05) is 42.1 Å². The number of carbonyl (C=O) groups is 1. The molecule has 110 valence electrons. The molecule has 0 spiro atoms. The standard InChI is InChI=1S/C15H18N4OS/c1-19-9-8-17-15(19)21-13-5-3-2-4-12(13)18-14(20)11-6-7-16-10-11/h2-5,8-9,11,16H,6-7,10H2,1H3,(H,18,20). The van der Waals surface area contributed by atoms with Crippen LogP contribution in [0.3, 0.4) is 0 Å². The van der Waals surface area contributed by atoms with Crippen LogP contribution >= 0.6 is 11.8 Å². The van der Waals surface area contributed by atoms with Gasteiger partial charge in [0.05, 0.1) is 11.6 Å². The van der Waals surface area contributed by atoms with Crippen LogP contribution in [-0.2, 0) is 11.8 Å². The molecule has 5 nitrogen and oxygen atoms in total. The Morgan fingerprint density at radius 3 is 3.05 bits per heavy atom. The fourth-order valence-corrected chi connectivity index (χ4v) is 3.21. The third-order valence-electron chi connectivity index (χ3n) is 3.55. The summed E-state index contributed by atoms with van der Waals surface area (Å²) in [5, 5.41) is 7.17. The van der Waals surface area contributed by atoms with Crippen molar-refractivity contribution in [1.29, 1.82) is 0 Å². The van der Waals surface area contributed by atoms with E-state index in [1.54, 1.807) is 18.0 Å². The van der Waals surface area contributed by atoms with Crippen molar-refractivity contribution in [2.45, 2.75) is 16.5 Å². The van der Waals surface area contributed by atoms with Gasteiger partial charge in [-0.05, 0) is 36.9 Å². The van der Waals surface area contributed by atoms with Crippen LogP contribution in [0.15, 0.2) is 46.7 Å². The number of imidazole rings is 1. The number of nitrogens with zero attached hydrogens (tertiary/aromatic N) is 2. The molecule has 0 radical (unpaired) electrons. The molecule has 1 amide bonds. The zero-order valence-electron chi connectivity index (χ0n) is 11.9. The molecule has 2 aromatic rings. The van der Waals surface area contributed by atoms with Gasteiger partial charge in [-0.3, -0.25) is 4.79 Å². The second kappa shape index (κ2) is 6.32. The predicted octanol–water partition coefficient (Wildman–Crippen LogP) is 2.12. The van der Waals surface area contributed by atoms with Crippen molar-refractivity contribution in [2.75, 3.05) is 18.4 Å². The number of aryl methyl sites for hydroxylation is 1. The number of para-hydroxylation sites is 1. The molecule has 0 aliphatic carbocycles. The molecular weight excluding hydrogens is 284 g/mol. The monoisotopic (exact) mass is 302 g/mol. The second-order valence-corrected chi connectivity index (χ2v) is 6.11. The number of aromatic nitrogens is 2. The molecule has 1 saturated heterocycles. The van der Waals surface area contributed by atoms with Crippen molar-refractivity contribution in [3.63, 3.8) is 0 Å². The molecule has 1 atom stereocenters. The van der Waals surface area contributed by atoms with Crippen molar-refractivity contribution in [1.82, 2.24) is 14.9 Å². The van der Waals surface area contributed by atoms with Crippen LogP contribution in [0.5, 0.6) is 0 Å². The Morgan fingerprint density at radius 2 is 2.33 bits per heavy atom. The SMILES string of the molecule is Cn1ccnc1Sc1ccccc1NC(=O)C1CCNC1. The van der Waals surface area contributed by atoms with Gasteiger partial charge in [-0.25, -0.2) is 4.98 Å². The smallest absolute Gasteiger partial charge is 0.228 e. The molecule has 21 heavy (non-hydrogen) atoms.